The molecular formula is C14H11ClFN3S. The Kier molecular flexibility index (Phi) is 3.31. The van der Waals surface area contributed by atoms with E-state index in [0.717, 1.165) is 17.0 Å². The molecule has 6 heteroatoms. The van der Waals surface area contributed by atoms with Gasteiger partial charge in [0.15, 0.2) is 0 Å². The molecule has 3 aromatic rings. The van der Waals surface area contributed by atoms with Gasteiger partial charge in [0, 0.05) is 27.2 Å². The molecule has 0 radical (unpaired) electrons. The average Bonchev–Trinajstić information content (AvgIpc) is 3.01. The summed E-state index contributed by atoms with van der Waals surface area (Å²) in [5, 5.41) is 7.14. The Hall–Kier alpha value is -1.72. The van der Waals surface area contributed by atoms with Gasteiger partial charge in [-0.25, -0.2) is 9.67 Å². The fourth-order valence-corrected chi connectivity index (χ4v) is 2.81. The largest absolute Gasteiger partial charge is 0.236 e. The summed E-state index contributed by atoms with van der Waals surface area (Å²) < 4.78 is 15.0. The highest BCUT2D eigenvalue weighted by Crippen LogP contribution is 2.26. The number of hydrogen-bond acceptors (Lipinski definition) is 3. The van der Waals surface area contributed by atoms with Crippen LogP contribution in [0.3, 0.4) is 0 Å². The van der Waals surface area contributed by atoms with E-state index in [0.29, 0.717) is 15.7 Å². The van der Waals surface area contributed by atoms with Gasteiger partial charge in [-0.05, 0) is 26.0 Å². The molecule has 2 aromatic heterocycles. The zero-order valence-corrected chi connectivity index (χ0v) is 12.5. The van der Waals surface area contributed by atoms with E-state index in [1.165, 1.54) is 16.0 Å². The zero-order valence-electron chi connectivity index (χ0n) is 10.9. The summed E-state index contributed by atoms with van der Waals surface area (Å²) in [5.41, 5.74) is 3.11. The van der Waals surface area contributed by atoms with Gasteiger partial charge in [-0.15, -0.1) is 16.4 Å². The number of benzene rings is 1. The van der Waals surface area contributed by atoms with Gasteiger partial charge < -0.3 is 0 Å². The van der Waals surface area contributed by atoms with Gasteiger partial charge in [-0.3, -0.25) is 0 Å². The quantitative estimate of drug-likeness (QED) is 0.702. The van der Waals surface area contributed by atoms with Crippen molar-refractivity contribution in [3.63, 3.8) is 0 Å². The number of rotatable bonds is 2. The monoisotopic (exact) mass is 307 g/mol. The third-order valence-electron chi connectivity index (χ3n) is 3.17. The average molecular weight is 308 g/mol. The molecule has 2 heterocycles. The van der Waals surface area contributed by atoms with Gasteiger partial charge in [0.1, 0.15) is 0 Å². The molecule has 0 spiro atoms. The first kappa shape index (κ1) is 13.3. The maximum Gasteiger partial charge on any atom is 0.236 e. The molecule has 0 aliphatic heterocycles. The minimum absolute atomic E-state index is 0.453. The zero-order chi connectivity index (χ0) is 14.3. The smallest absolute Gasteiger partial charge is 0.218 e. The second-order valence-corrected chi connectivity index (χ2v) is 5.71. The first-order chi connectivity index (χ1) is 9.56. The predicted octanol–water partition coefficient (Wildman–Crippen LogP) is 4.41. The van der Waals surface area contributed by atoms with Crippen molar-refractivity contribution in [2.24, 2.45) is 0 Å². The molecule has 3 rings (SSSR count). The van der Waals surface area contributed by atoms with Gasteiger partial charge in [-0.1, -0.05) is 23.7 Å². The summed E-state index contributed by atoms with van der Waals surface area (Å²) in [6.07, 6.45) is 0. The molecule has 0 aliphatic rings. The summed E-state index contributed by atoms with van der Waals surface area (Å²) >= 11 is 7.30. The molecule has 0 atom stereocenters. The Morgan fingerprint density at radius 3 is 2.50 bits per heavy atom. The minimum atomic E-state index is -0.453. The summed E-state index contributed by atoms with van der Waals surface area (Å²) in [5.74, 6) is -0.453. The normalized spacial score (nSPS) is 11.0. The van der Waals surface area contributed by atoms with E-state index in [4.69, 9.17) is 11.6 Å². The van der Waals surface area contributed by atoms with E-state index in [2.05, 4.69) is 10.1 Å². The number of thiazole rings is 1. The van der Waals surface area contributed by atoms with Crippen LogP contribution in [0.15, 0.2) is 29.6 Å². The van der Waals surface area contributed by atoms with Gasteiger partial charge >= 0.3 is 0 Å². The molecule has 0 saturated heterocycles. The lowest BCUT2D eigenvalue weighted by Gasteiger charge is -1.99. The SMILES string of the molecule is Cc1c(F)nn(-c2nc(-c3ccc(Cl)cc3)cs2)c1C. The van der Waals surface area contributed by atoms with Crippen LogP contribution in [0.4, 0.5) is 4.39 Å². The Balaban J connectivity index is 2.01. The summed E-state index contributed by atoms with van der Waals surface area (Å²) in [6, 6.07) is 7.45. The lowest BCUT2D eigenvalue weighted by molar-refractivity contribution is 0.560. The van der Waals surface area contributed by atoms with E-state index < -0.39 is 5.95 Å². The van der Waals surface area contributed by atoms with Crippen LogP contribution in [-0.4, -0.2) is 14.8 Å². The van der Waals surface area contributed by atoms with Crippen LogP contribution in [0.25, 0.3) is 16.4 Å². The predicted molar refractivity (Wildman–Crippen MR) is 79.1 cm³/mol. The number of nitrogens with zero attached hydrogens (tertiary/aromatic N) is 3. The Morgan fingerprint density at radius 2 is 1.90 bits per heavy atom. The molecule has 20 heavy (non-hydrogen) atoms. The van der Waals surface area contributed by atoms with Crippen LogP contribution < -0.4 is 0 Å². The minimum Gasteiger partial charge on any atom is -0.218 e. The standard InChI is InChI=1S/C14H11ClFN3S/c1-8-9(2)19(18-13(8)16)14-17-12(7-20-14)10-3-5-11(15)6-4-10/h3-7H,1-2H3. The van der Waals surface area contributed by atoms with Crippen LogP contribution in [-0.2, 0) is 0 Å². The number of hydrogen-bond donors (Lipinski definition) is 0. The third-order valence-corrected chi connectivity index (χ3v) is 4.24. The van der Waals surface area contributed by atoms with Crippen molar-refractivity contribution in [1.82, 2.24) is 14.8 Å². The molecule has 0 unspecified atom stereocenters. The molecule has 1 aromatic carbocycles. The Bertz CT molecular complexity index is 761. The summed E-state index contributed by atoms with van der Waals surface area (Å²) in [6.45, 7) is 3.54. The van der Waals surface area contributed by atoms with Crippen LogP contribution in [0.1, 0.15) is 11.3 Å². The van der Waals surface area contributed by atoms with Crippen molar-refractivity contribution in [1.29, 1.82) is 0 Å². The van der Waals surface area contributed by atoms with Crippen molar-refractivity contribution in [3.8, 4) is 16.4 Å². The van der Waals surface area contributed by atoms with Crippen LogP contribution in [0, 0.1) is 19.8 Å². The lowest BCUT2D eigenvalue weighted by Crippen LogP contribution is -1.98. The highest BCUT2D eigenvalue weighted by atomic mass is 35.5. The number of halogens is 2. The first-order valence-corrected chi connectivity index (χ1v) is 7.25. The van der Waals surface area contributed by atoms with Crippen LogP contribution in [0.5, 0.6) is 0 Å². The molecule has 0 N–H and O–H groups in total. The molecule has 3 nitrogen and oxygen atoms in total. The second kappa shape index (κ2) is 5.00. The van der Waals surface area contributed by atoms with Crippen molar-refractivity contribution in [2.45, 2.75) is 13.8 Å². The molecule has 0 amide bonds. The van der Waals surface area contributed by atoms with E-state index in [-0.39, 0.29) is 0 Å². The summed E-state index contributed by atoms with van der Waals surface area (Å²) in [4.78, 5) is 4.50. The third kappa shape index (κ3) is 2.23. The summed E-state index contributed by atoms with van der Waals surface area (Å²) in [7, 11) is 0. The first-order valence-electron chi connectivity index (χ1n) is 6.00. The fourth-order valence-electron chi connectivity index (χ4n) is 1.85. The highest BCUT2D eigenvalue weighted by Gasteiger charge is 2.14. The van der Waals surface area contributed by atoms with Gasteiger partial charge in [0.05, 0.1) is 5.69 Å². The number of aromatic nitrogens is 3. The van der Waals surface area contributed by atoms with Crippen molar-refractivity contribution in [3.05, 3.63) is 51.9 Å². The second-order valence-electron chi connectivity index (χ2n) is 4.44. The topological polar surface area (TPSA) is 30.7 Å². The van der Waals surface area contributed by atoms with Crippen molar-refractivity contribution >= 4 is 22.9 Å². The molecule has 0 saturated carbocycles. The van der Waals surface area contributed by atoms with Crippen LogP contribution >= 0.6 is 22.9 Å². The highest BCUT2D eigenvalue weighted by molar-refractivity contribution is 7.12. The van der Waals surface area contributed by atoms with E-state index >= 15 is 0 Å². The molecular weight excluding hydrogens is 297 g/mol. The van der Waals surface area contributed by atoms with Gasteiger partial charge in [-0.2, -0.15) is 4.39 Å². The van der Waals surface area contributed by atoms with Gasteiger partial charge in [0.25, 0.3) is 0 Å². The lowest BCUT2D eigenvalue weighted by atomic mass is 10.2. The maximum absolute atomic E-state index is 13.5. The Morgan fingerprint density at radius 1 is 1.20 bits per heavy atom. The molecule has 0 bridgehead atoms. The van der Waals surface area contributed by atoms with Gasteiger partial charge in [0.2, 0.25) is 11.1 Å². The Labute approximate surface area is 124 Å². The fraction of sp³-hybridized carbons (Fsp3) is 0.143. The molecule has 0 fully saturated rings. The maximum atomic E-state index is 13.5. The van der Waals surface area contributed by atoms with E-state index in [9.17, 15) is 4.39 Å². The van der Waals surface area contributed by atoms with E-state index in [1.807, 2.05) is 36.6 Å². The molecule has 102 valence electrons. The van der Waals surface area contributed by atoms with Crippen molar-refractivity contribution < 1.29 is 4.39 Å². The van der Waals surface area contributed by atoms with Crippen LogP contribution in [0.2, 0.25) is 5.02 Å². The molecule has 0 aliphatic carbocycles. The van der Waals surface area contributed by atoms with E-state index in [1.54, 1.807) is 6.92 Å². The van der Waals surface area contributed by atoms with Crippen molar-refractivity contribution in [2.75, 3.05) is 0 Å².